The summed E-state index contributed by atoms with van der Waals surface area (Å²) in [6.45, 7) is 0.833. The van der Waals surface area contributed by atoms with Crippen molar-refractivity contribution in [2.45, 2.75) is 36.2 Å². The van der Waals surface area contributed by atoms with E-state index < -0.39 is 0 Å². The van der Waals surface area contributed by atoms with Crippen LogP contribution < -0.4 is 4.74 Å². The quantitative estimate of drug-likeness (QED) is 0.587. The number of methoxy groups -OCH3 is 1. The van der Waals surface area contributed by atoms with E-state index in [2.05, 4.69) is 57.2 Å². The zero-order chi connectivity index (χ0) is 17.1. The molecule has 0 amide bonds. The third-order valence-corrected chi connectivity index (χ3v) is 5.41. The van der Waals surface area contributed by atoms with E-state index in [4.69, 9.17) is 4.74 Å². The third-order valence-electron chi connectivity index (χ3n) is 4.37. The topological polar surface area (TPSA) is 39.9 Å². The van der Waals surface area contributed by atoms with Crippen LogP contribution in [-0.4, -0.2) is 21.9 Å². The van der Waals surface area contributed by atoms with Crippen LogP contribution in [0.25, 0.3) is 0 Å². The second-order valence-corrected chi connectivity index (χ2v) is 7.27. The number of hydrogen-bond donors (Lipinski definition) is 0. The fourth-order valence-electron chi connectivity index (χ4n) is 2.88. The van der Waals surface area contributed by atoms with Gasteiger partial charge in [0.2, 0.25) is 0 Å². The van der Waals surface area contributed by atoms with E-state index in [0.717, 1.165) is 29.0 Å². The zero-order valence-corrected chi connectivity index (χ0v) is 15.1. The number of thioether (sulfide) groups is 1. The molecule has 0 radical (unpaired) electrons. The van der Waals surface area contributed by atoms with Crippen LogP contribution in [0.3, 0.4) is 0 Å². The summed E-state index contributed by atoms with van der Waals surface area (Å²) in [6.07, 6.45) is 2.46. The Morgan fingerprint density at radius 1 is 1.04 bits per heavy atom. The second kappa shape index (κ2) is 7.31. The number of ether oxygens (including phenoxy) is 1. The molecule has 25 heavy (non-hydrogen) atoms. The highest BCUT2D eigenvalue weighted by atomic mass is 32.2. The average molecular weight is 351 g/mol. The van der Waals surface area contributed by atoms with Gasteiger partial charge in [-0.3, -0.25) is 0 Å². The zero-order valence-electron chi connectivity index (χ0n) is 14.3. The lowest BCUT2D eigenvalue weighted by Gasteiger charge is -2.10. The van der Waals surface area contributed by atoms with Gasteiger partial charge in [0, 0.05) is 11.7 Å². The molecule has 3 aromatic rings. The van der Waals surface area contributed by atoms with E-state index in [1.807, 2.05) is 12.1 Å². The van der Waals surface area contributed by atoms with Crippen molar-refractivity contribution in [3.05, 3.63) is 71.5 Å². The Bertz CT molecular complexity index is 843. The molecule has 4 nitrogen and oxygen atoms in total. The predicted molar refractivity (Wildman–Crippen MR) is 100 cm³/mol. The Morgan fingerprint density at radius 2 is 1.84 bits per heavy atom. The molecule has 0 spiro atoms. The van der Waals surface area contributed by atoms with Gasteiger partial charge in [0.15, 0.2) is 5.16 Å². The number of aromatic nitrogens is 3. The third kappa shape index (κ3) is 3.87. The van der Waals surface area contributed by atoms with Crippen LogP contribution in [0.5, 0.6) is 5.75 Å². The first-order valence-electron chi connectivity index (χ1n) is 8.56. The first-order valence-corrected chi connectivity index (χ1v) is 9.55. The molecule has 5 heteroatoms. The Hall–Kier alpha value is -2.27. The molecule has 2 aromatic carbocycles. The molecule has 128 valence electrons. The lowest BCUT2D eigenvalue weighted by Crippen LogP contribution is -2.06. The molecule has 0 atom stereocenters. The molecular formula is C20H21N3OS. The van der Waals surface area contributed by atoms with Gasteiger partial charge >= 0.3 is 0 Å². The monoisotopic (exact) mass is 351 g/mol. The standard InChI is InChI=1S/C20H21N3OS/c1-24-18-9-5-8-16(12-18)14-25-20-22-21-19(17-10-11-17)23(20)13-15-6-3-2-4-7-15/h2-9,12,17H,10-11,13-14H2,1H3. The fraction of sp³-hybridized carbons (Fsp3) is 0.300. The SMILES string of the molecule is COc1cccc(CSc2nnc(C3CC3)n2Cc2ccccc2)c1. The van der Waals surface area contributed by atoms with E-state index in [-0.39, 0.29) is 0 Å². The van der Waals surface area contributed by atoms with Gasteiger partial charge in [-0.2, -0.15) is 0 Å². The lowest BCUT2D eigenvalue weighted by atomic mass is 10.2. The van der Waals surface area contributed by atoms with Crippen LogP contribution in [0.2, 0.25) is 0 Å². The lowest BCUT2D eigenvalue weighted by molar-refractivity contribution is 0.414. The molecule has 0 unspecified atom stereocenters. The maximum atomic E-state index is 5.31. The summed E-state index contributed by atoms with van der Waals surface area (Å²) in [5.41, 5.74) is 2.51. The maximum Gasteiger partial charge on any atom is 0.191 e. The van der Waals surface area contributed by atoms with Crippen molar-refractivity contribution in [1.29, 1.82) is 0 Å². The van der Waals surface area contributed by atoms with Gasteiger partial charge in [-0.25, -0.2) is 0 Å². The largest absolute Gasteiger partial charge is 0.497 e. The minimum absolute atomic E-state index is 0.586. The molecule has 4 rings (SSSR count). The molecule has 1 saturated carbocycles. The van der Waals surface area contributed by atoms with E-state index in [0.29, 0.717) is 5.92 Å². The van der Waals surface area contributed by atoms with Gasteiger partial charge in [-0.1, -0.05) is 54.2 Å². The summed E-state index contributed by atoms with van der Waals surface area (Å²) in [7, 11) is 1.70. The van der Waals surface area contributed by atoms with Crippen LogP contribution >= 0.6 is 11.8 Å². The van der Waals surface area contributed by atoms with E-state index in [1.165, 1.54) is 24.0 Å². The average Bonchev–Trinajstić information content (AvgIpc) is 3.43. The first-order chi connectivity index (χ1) is 12.3. The number of nitrogens with zero attached hydrogens (tertiary/aromatic N) is 3. The highest BCUT2D eigenvalue weighted by Crippen LogP contribution is 2.40. The van der Waals surface area contributed by atoms with Crippen LogP contribution in [-0.2, 0) is 12.3 Å². The molecular weight excluding hydrogens is 330 g/mol. The molecule has 0 bridgehead atoms. The number of rotatable bonds is 7. The Kier molecular flexibility index (Phi) is 4.74. The molecule has 1 fully saturated rings. The van der Waals surface area contributed by atoms with Gasteiger partial charge < -0.3 is 9.30 Å². The summed E-state index contributed by atoms with van der Waals surface area (Å²) in [4.78, 5) is 0. The molecule has 1 aliphatic carbocycles. The van der Waals surface area contributed by atoms with E-state index in [9.17, 15) is 0 Å². The van der Waals surface area contributed by atoms with Crippen LogP contribution in [0.15, 0.2) is 59.8 Å². The summed E-state index contributed by atoms with van der Waals surface area (Å²) < 4.78 is 7.60. The van der Waals surface area contributed by atoms with E-state index in [1.54, 1.807) is 18.9 Å². The van der Waals surface area contributed by atoms with Crippen molar-refractivity contribution < 1.29 is 4.74 Å². The van der Waals surface area contributed by atoms with Crippen molar-refractivity contribution in [3.8, 4) is 5.75 Å². The molecule has 1 heterocycles. The van der Waals surface area contributed by atoms with E-state index >= 15 is 0 Å². The molecule has 0 N–H and O–H groups in total. The molecule has 1 aliphatic rings. The molecule has 1 aromatic heterocycles. The highest BCUT2D eigenvalue weighted by molar-refractivity contribution is 7.98. The van der Waals surface area contributed by atoms with Crippen molar-refractivity contribution in [2.75, 3.05) is 7.11 Å². The predicted octanol–water partition coefficient (Wildman–Crippen LogP) is 4.50. The Morgan fingerprint density at radius 3 is 2.60 bits per heavy atom. The number of hydrogen-bond acceptors (Lipinski definition) is 4. The highest BCUT2D eigenvalue weighted by Gasteiger charge is 2.30. The number of benzene rings is 2. The smallest absolute Gasteiger partial charge is 0.191 e. The van der Waals surface area contributed by atoms with Crippen molar-refractivity contribution in [1.82, 2.24) is 14.8 Å². The van der Waals surface area contributed by atoms with Gasteiger partial charge in [-0.05, 0) is 36.1 Å². The summed E-state index contributed by atoms with van der Waals surface area (Å²) in [5.74, 6) is 3.47. The van der Waals surface area contributed by atoms with Crippen molar-refractivity contribution in [2.24, 2.45) is 0 Å². The van der Waals surface area contributed by atoms with Crippen LogP contribution in [0.1, 0.15) is 35.7 Å². The minimum Gasteiger partial charge on any atom is -0.497 e. The molecule has 0 aliphatic heterocycles. The summed E-state index contributed by atoms with van der Waals surface area (Å²) in [5, 5.41) is 9.96. The van der Waals surface area contributed by atoms with Crippen LogP contribution in [0, 0.1) is 0 Å². The van der Waals surface area contributed by atoms with Crippen LogP contribution in [0.4, 0.5) is 0 Å². The van der Waals surface area contributed by atoms with Crippen molar-refractivity contribution in [3.63, 3.8) is 0 Å². The first kappa shape index (κ1) is 16.2. The summed E-state index contributed by atoms with van der Waals surface area (Å²) >= 11 is 1.74. The Labute approximate surface area is 152 Å². The second-order valence-electron chi connectivity index (χ2n) is 6.33. The minimum atomic E-state index is 0.586. The molecule has 0 saturated heterocycles. The fourth-order valence-corrected chi connectivity index (χ4v) is 3.76. The van der Waals surface area contributed by atoms with Crippen molar-refractivity contribution >= 4 is 11.8 Å². The van der Waals surface area contributed by atoms with Gasteiger partial charge in [0.05, 0.1) is 13.7 Å². The maximum absolute atomic E-state index is 5.31. The van der Waals surface area contributed by atoms with Gasteiger partial charge in [0.25, 0.3) is 0 Å². The van der Waals surface area contributed by atoms with Gasteiger partial charge in [0.1, 0.15) is 11.6 Å². The summed E-state index contributed by atoms with van der Waals surface area (Å²) in [6, 6.07) is 18.7. The Balaban J connectivity index is 1.54. The van der Waals surface area contributed by atoms with Gasteiger partial charge in [-0.15, -0.1) is 10.2 Å². The normalized spacial score (nSPS) is 13.8.